The Kier molecular flexibility index (Phi) is 3.57. The van der Waals surface area contributed by atoms with Crippen molar-refractivity contribution in [3.05, 3.63) is 29.7 Å². The highest BCUT2D eigenvalue weighted by molar-refractivity contribution is 5.42. The smallest absolute Gasteiger partial charge is 0.130 e. The van der Waals surface area contributed by atoms with Crippen LogP contribution in [0.3, 0.4) is 0 Å². The zero-order valence-corrected chi connectivity index (χ0v) is 7.08. The summed E-state index contributed by atoms with van der Waals surface area (Å²) in [7, 11) is 1.88. The van der Waals surface area contributed by atoms with Gasteiger partial charge in [0.15, 0.2) is 0 Å². The first kappa shape index (κ1) is 9.03. The topological polar surface area (TPSA) is 45.4 Å². The van der Waals surface area contributed by atoms with E-state index in [9.17, 15) is 0 Å². The van der Waals surface area contributed by atoms with Crippen LogP contribution in [0.25, 0.3) is 6.08 Å². The van der Waals surface area contributed by atoms with Gasteiger partial charge in [0.2, 0.25) is 0 Å². The van der Waals surface area contributed by atoms with E-state index in [1.54, 1.807) is 6.07 Å². The van der Waals surface area contributed by atoms with Crippen molar-refractivity contribution in [2.24, 2.45) is 0 Å². The summed E-state index contributed by atoms with van der Waals surface area (Å²) in [6.07, 6.45) is 3.83. The number of aliphatic hydroxyl groups excluding tert-OH is 1. The molecule has 0 saturated heterocycles. The standard InChI is InChI=1S/C9H13NO2/c1-10-6-2-3-8-4-5-9(7-11)12-8/h2-5,10-11H,6-7H2,1H3. The summed E-state index contributed by atoms with van der Waals surface area (Å²) in [4.78, 5) is 0. The molecule has 1 aromatic rings. The van der Waals surface area contributed by atoms with Gasteiger partial charge in [-0.15, -0.1) is 0 Å². The molecule has 1 heterocycles. The van der Waals surface area contributed by atoms with Crippen molar-refractivity contribution < 1.29 is 9.52 Å². The van der Waals surface area contributed by atoms with E-state index in [0.717, 1.165) is 12.3 Å². The van der Waals surface area contributed by atoms with E-state index in [-0.39, 0.29) is 6.61 Å². The van der Waals surface area contributed by atoms with E-state index in [1.807, 2.05) is 25.3 Å². The molecule has 0 saturated carbocycles. The Morgan fingerprint density at radius 1 is 1.58 bits per heavy atom. The van der Waals surface area contributed by atoms with Crippen LogP contribution in [0.5, 0.6) is 0 Å². The van der Waals surface area contributed by atoms with Crippen molar-refractivity contribution in [3.8, 4) is 0 Å². The Labute approximate surface area is 71.7 Å². The molecule has 0 bridgehead atoms. The van der Waals surface area contributed by atoms with Gasteiger partial charge in [0.05, 0.1) is 0 Å². The van der Waals surface area contributed by atoms with Crippen molar-refractivity contribution in [1.82, 2.24) is 5.32 Å². The first-order chi connectivity index (χ1) is 5.86. The lowest BCUT2D eigenvalue weighted by Gasteiger charge is -1.88. The van der Waals surface area contributed by atoms with E-state index in [2.05, 4.69) is 5.32 Å². The highest BCUT2D eigenvalue weighted by atomic mass is 16.4. The third kappa shape index (κ3) is 2.53. The number of hydrogen-bond donors (Lipinski definition) is 2. The van der Waals surface area contributed by atoms with Crippen LogP contribution in [0.15, 0.2) is 22.6 Å². The van der Waals surface area contributed by atoms with Crippen LogP contribution in [-0.2, 0) is 6.61 Å². The first-order valence-corrected chi connectivity index (χ1v) is 3.87. The first-order valence-electron chi connectivity index (χ1n) is 3.87. The SMILES string of the molecule is CNCC=Cc1ccc(CO)o1. The second-order valence-electron chi connectivity index (χ2n) is 2.42. The van der Waals surface area contributed by atoms with E-state index >= 15 is 0 Å². The molecule has 1 rings (SSSR count). The highest BCUT2D eigenvalue weighted by Gasteiger charge is 1.95. The molecule has 0 unspecified atom stereocenters. The largest absolute Gasteiger partial charge is 0.459 e. The minimum atomic E-state index is -0.0418. The van der Waals surface area contributed by atoms with Crippen LogP contribution >= 0.6 is 0 Å². The van der Waals surface area contributed by atoms with Crippen molar-refractivity contribution in [3.63, 3.8) is 0 Å². The molecule has 0 aromatic carbocycles. The van der Waals surface area contributed by atoms with Crippen LogP contribution < -0.4 is 5.32 Å². The van der Waals surface area contributed by atoms with Crippen molar-refractivity contribution in [1.29, 1.82) is 0 Å². The maximum absolute atomic E-state index is 8.69. The Bertz CT molecular complexity index is 253. The molecular formula is C9H13NO2. The van der Waals surface area contributed by atoms with E-state index < -0.39 is 0 Å². The normalized spacial score (nSPS) is 11.2. The molecule has 2 N–H and O–H groups in total. The fourth-order valence-electron chi connectivity index (χ4n) is 0.862. The lowest BCUT2D eigenvalue weighted by molar-refractivity contribution is 0.246. The summed E-state index contributed by atoms with van der Waals surface area (Å²) < 4.78 is 5.21. The molecule has 0 aliphatic rings. The molecule has 0 atom stereocenters. The molecule has 0 radical (unpaired) electrons. The highest BCUT2D eigenvalue weighted by Crippen LogP contribution is 2.08. The predicted molar refractivity (Wildman–Crippen MR) is 47.6 cm³/mol. The van der Waals surface area contributed by atoms with Crippen LogP contribution in [-0.4, -0.2) is 18.7 Å². The van der Waals surface area contributed by atoms with E-state index in [4.69, 9.17) is 9.52 Å². The summed E-state index contributed by atoms with van der Waals surface area (Å²) >= 11 is 0. The molecule has 12 heavy (non-hydrogen) atoms. The minimum Gasteiger partial charge on any atom is -0.459 e. The summed E-state index contributed by atoms with van der Waals surface area (Å²) in [5.41, 5.74) is 0. The minimum absolute atomic E-state index is 0.0418. The van der Waals surface area contributed by atoms with E-state index in [0.29, 0.717) is 5.76 Å². The van der Waals surface area contributed by atoms with Gasteiger partial charge in [0.1, 0.15) is 18.1 Å². The Hall–Kier alpha value is -1.06. The van der Waals surface area contributed by atoms with Gasteiger partial charge in [-0.05, 0) is 25.3 Å². The molecule has 0 aliphatic carbocycles. The summed E-state index contributed by atoms with van der Waals surface area (Å²) in [5, 5.41) is 11.7. The zero-order valence-electron chi connectivity index (χ0n) is 7.08. The molecule has 0 aliphatic heterocycles. The molecule has 3 heteroatoms. The van der Waals surface area contributed by atoms with Gasteiger partial charge < -0.3 is 14.8 Å². The number of aliphatic hydroxyl groups is 1. The van der Waals surface area contributed by atoms with Gasteiger partial charge in [-0.1, -0.05) is 6.08 Å². The Balaban J connectivity index is 2.51. The van der Waals surface area contributed by atoms with Gasteiger partial charge in [0.25, 0.3) is 0 Å². The molecule has 66 valence electrons. The van der Waals surface area contributed by atoms with Crippen molar-refractivity contribution >= 4 is 6.08 Å². The van der Waals surface area contributed by atoms with Crippen LogP contribution in [0, 0.1) is 0 Å². The van der Waals surface area contributed by atoms with E-state index in [1.165, 1.54) is 0 Å². The number of hydrogen-bond acceptors (Lipinski definition) is 3. The number of rotatable bonds is 4. The second kappa shape index (κ2) is 4.74. The molecule has 0 amide bonds. The summed E-state index contributed by atoms with van der Waals surface area (Å²) in [6.45, 7) is 0.773. The number of furan rings is 1. The molecule has 3 nitrogen and oxygen atoms in total. The molecule has 0 spiro atoms. The van der Waals surface area contributed by atoms with Crippen molar-refractivity contribution in [2.45, 2.75) is 6.61 Å². The lowest BCUT2D eigenvalue weighted by atomic mass is 10.4. The van der Waals surface area contributed by atoms with Crippen molar-refractivity contribution in [2.75, 3.05) is 13.6 Å². The number of nitrogens with one attached hydrogen (secondary N) is 1. The maximum Gasteiger partial charge on any atom is 0.130 e. The second-order valence-corrected chi connectivity index (χ2v) is 2.42. The Morgan fingerprint density at radius 3 is 3.00 bits per heavy atom. The summed E-state index contributed by atoms with van der Waals surface area (Å²) in [6, 6.07) is 3.59. The van der Waals surface area contributed by atoms with Crippen LogP contribution in [0.2, 0.25) is 0 Å². The number of likely N-dealkylation sites (N-methyl/N-ethyl adjacent to an activating group) is 1. The van der Waals surface area contributed by atoms with Crippen LogP contribution in [0.4, 0.5) is 0 Å². The lowest BCUT2D eigenvalue weighted by Crippen LogP contribution is -2.03. The average molecular weight is 167 g/mol. The third-order valence-corrected chi connectivity index (χ3v) is 1.44. The fourth-order valence-corrected chi connectivity index (χ4v) is 0.862. The van der Waals surface area contributed by atoms with Gasteiger partial charge >= 0.3 is 0 Å². The Morgan fingerprint density at radius 2 is 2.42 bits per heavy atom. The molecular weight excluding hydrogens is 154 g/mol. The third-order valence-electron chi connectivity index (χ3n) is 1.44. The van der Waals surface area contributed by atoms with Gasteiger partial charge in [0, 0.05) is 6.54 Å². The van der Waals surface area contributed by atoms with Gasteiger partial charge in [-0.3, -0.25) is 0 Å². The maximum atomic E-state index is 8.69. The monoisotopic (exact) mass is 167 g/mol. The van der Waals surface area contributed by atoms with Crippen LogP contribution in [0.1, 0.15) is 11.5 Å². The zero-order chi connectivity index (χ0) is 8.81. The molecule has 0 fully saturated rings. The van der Waals surface area contributed by atoms with Gasteiger partial charge in [-0.25, -0.2) is 0 Å². The molecule has 1 aromatic heterocycles. The predicted octanol–water partition coefficient (Wildman–Crippen LogP) is 1.00. The fraction of sp³-hybridized carbons (Fsp3) is 0.333. The summed E-state index contributed by atoms with van der Waals surface area (Å²) in [5.74, 6) is 1.37. The van der Waals surface area contributed by atoms with Gasteiger partial charge in [-0.2, -0.15) is 0 Å². The quantitative estimate of drug-likeness (QED) is 0.703. The average Bonchev–Trinajstić information content (AvgIpc) is 2.53.